The van der Waals surface area contributed by atoms with Crippen LogP contribution in [0.4, 0.5) is 8.78 Å². The number of nitrogens with zero attached hydrogens (tertiary/aromatic N) is 1. The predicted octanol–water partition coefficient (Wildman–Crippen LogP) is 2.71. The average molecular weight is 269 g/mol. The first kappa shape index (κ1) is 13.3. The summed E-state index contributed by atoms with van der Waals surface area (Å²) in [7, 11) is 0. The molecule has 0 aliphatic carbocycles. The summed E-state index contributed by atoms with van der Waals surface area (Å²) in [5.74, 6) is 0.151. The summed E-state index contributed by atoms with van der Waals surface area (Å²) in [6.45, 7) is 0.849. The van der Waals surface area contributed by atoms with Gasteiger partial charge in [-0.2, -0.15) is 8.78 Å². The highest BCUT2D eigenvalue weighted by molar-refractivity contribution is 5.29. The van der Waals surface area contributed by atoms with Gasteiger partial charge in [-0.25, -0.2) is 4.79 Å². The van der Waals surface area contributed by atoms with Gasteiger partial charge in [0.25, 0.3) is 0 Å². The van der Waals surface area contributed by atoms with Crippen molar-refractivity contribution in [2.45, 2.75) is 27.0 Å². The van der Waals surface area contributed by atoms with Crippen molar-refractivity contribution in [3.05, 3.63) is 51.8 Å². The maximum absolute atomic E-state index is 12.1. The third-order valence-corrected chi connectivity index (χ3v) is 2.84. The number of hydrogen-bond acceptors (Lipinski definition) is 3. The van der Waals surface area contributed by atoms with Gasteiger partial charge in [-0.3, -0.25) is 4.57 Å². The monoisotopic (exact) mass is 269 g/mol. The maximum atomic E-state index is 12.1. The molecular weight excluding hydrogens is 256 g/mol. The van der Waals surface area contributed by atoms with E-state index >= 15 is 0 Å². The van der Waals surface area contributed by atoms with Crippen LogP contribution in [0.1, 0.15) is 17.0 Å². The van der Waals surface area contributed by atoms with Gasteiger partial charge in [-0.1, -0.05) is 12.1 Å². The Morgan fingerprint density at radius 1 is 1.37 bits per heavy atom. The molecule has 102 valence electrons. The Kier molecular flexibility index (Phi) is 3.69. The predicted molar refractivity (Wildman–Crippen MR) is 64.6 cm³/mol. The molecule has 0 saturated heterocycles. The van der Waals surface area contributed by atoms with Crippen LogP contribution in [0.3, 0.4) is 0 Å². The Hall–Kier alpha value is -2.11. The van der Waals surface area contributed by atoms with E-state index in [1.54, 1.807) is 26.0 Å². The van der Waals surface area contributed by atoms with Gasteiger partial charge in [-0.15, -0.1) is 0 Å². The van der Waals surface area contributed by atoms with Crippen molar-refractivity contribution in [2.24, 2.45) is 0 Å². The number of aromatic nitrogens is 1. The van der Waals surface area contributed by atoms with E-state index in [0.717, 1.165) is 0 Å². The van der Waals surface area contributed by atoms with Gasteiger partial charge in [0.1, 0.15) is 11.5 Å². The Morgan fingerprint density at radius 3 is 2.68 bits per heavy atom. The van der Waals surface area contributed by atoms with E-state index in [0.29, 0.717) is 17.0 Å². The number of rotatable bonds is 4. The highest BCUT2D eigenvalue weighted by Gasteiger charge is 2.10. The van der Waals surface area contributed by atoms with Gasteiger partial charge in [-0.05, 0) is 31.5 Å². The average Bonchev–Trinajstić information content (AvgIpc) is 2.56. The fourth-order valence-corrected chi connectivity index (χ4v) is 1.77. The van der Waals surface area contributed by atoms with E-state index in [4.69, 9.17) is 4.42 Å². The molecule has 0 amide bonds. The molecule has 0 aliphatic rings. The molecular formula is C13H13F2NO3. The molecule has 1 heterocycles. The van der Waals surface area contributed by atoms with Crippen LogP contribution in [0.25, 0.3) is 0 Å². The van der Waals surface area contributed by atoms with Gasteiger partial charge in [0.05, 0.1) is 12.2 Å². The number of aryl methyl sites for hydroxylation is 1. The molecule has 4 nitrogen and oxygen atoms in total. The van der Waals surface area contributed by atoms with Crippen LogP contribution < -0.4 is 10.5 Å². The molecule has 0 bridgehead atoms. The summed E-state index contributed by atoms with van der Waals surface area (Å²) in [6, 6.07) is 6.24. The molecule has 6 heteroatoms. The molecule has 0 atom stereocenters. The summed E-state index contributed by atoms with van der Waals surface area (Å²) >= 11 is 0. The van der Waals surface area contributed by atoms with E-state index in [2.05, 4.69) is 4.74 Å². The lowest BCUT2D eigenvalue weighted by molar-refractivity contribution is -0.0498. The zero-order valence-corrected chi connectivity index (χ0v) is 10.5. The number of oxazole rings is 1. The topological polar surface area (TPSA) is 44.4 Å². The zero-order valence-electron chi connectivity index (χ0n) is 10.5. The molecule has 2 rings (SSSR count). The molecule has 0 N–H and O–H groups in total. The third-order valence-electron chi connectivity index (χ3n) is 2.84. The lowest BCUT2D eigenvalue weighted by atomic mass is 10.2. The highest BCUT2D eigenvalue weighted by Crippen LogP contribution is 2.17. The van der Waals surface area contributed by atoms with Crippen molar-refractivity contribution < 1.29 is 17.9 Å². The Labute approximate surface area is 108 Å². The van der Waals surface area contributed by atoms with Crippen LogP contribution >= 0.6 is 0 Å². The van der Waals surface area contributed by atoms with E-state index in [1.807, 2.05) is 0 Å². The lowest BCUT2D eigenvalue weighted by Crippen LogP contribution is -2.16. The second-order valence-corrected chi connectivity index (χ2v) is 4.12. The molecule has 0 spiro atoms. The Morgan fingerprint density at radius 2 is 2.11 bits per heavy atom. The summed E-state index contributed by atoms with van der Waals surface area (Å²) in [5.41, 5.74) is 1.40. The van der Waals surface area contributed by atoms with Crippen LogP contribution in [-0.4, -0.2) is 11.2 Å². The number of alkyl halides is 2. The molecule has 1 aromatic carbocycles. The maximum Gasteiger partial charge on any atom is 0.419 e. The first-order valence-corrected chi connectivity index (χ1v) is 5.68. The zero-order chi connectivity index (χ0) is 14.0. The minimum absolute atomic E-state index is 0.0680. The van der Waals surface area contributed by atoms with E-state index in [-0.39, 0.29) is 12.3 Å². The molecule has 0 saturated carbocycles. The second kappa shape index (κ2) is 5.26. The fourth-order valence-electron chi connectivity index (χ4n) is 1.77. The van der Waals surface area contributed by atoms with E-state index in [1.165, 1.54) is 16.7 Å². The van der Waals surface area contributed by atoms with Crippen molar-refractivity contribution >= 4 is 0 Å². The molecule has 0 unspecified atom stereocenters. The number of ether oxygens (including phenoxy) is 1. The quantitative estimate of drug-likeness (QED) is 0.857. The van der Waals surface area contributed by atoms with Crippen molar-refractivity contribution in [1.29, 1.82) is 0 Å². The minimum Gasteiger partial charge on any atom is -0.435 e. The van der Waals surface area contributed by atoms with Crippen LogP contribution in [-0.2, 0) is 6.54 Å². The van der Waals surface area contributed by atoms with Crippen LogP contribution in [0.2, 0.25) is 0 Å². The molecule has 19 heavy (non-hydrogen) atoms. The molecule has 0 aliphatic heterocycles. The molecule has 1 aromatic heterocycles. The van der Waals surface area contributed by atoms with Crippen LogP contribution in [0.5, 0.6) is 5.75 Å². The molecule has 0 fully saturated rings. The van der Waals surface area contributed by atoms with Gasteiger partial charge < -0.3 is 9.15 Å². The van der Waals surface area contributed by atoms with Crippen molar-refractivity contribution in [2.75, 3.05) is 0 Å². The fraction of sp³-hybridized carbons (Fsp3) is 0.308. The summed E-state index contributed by atoms with van der Waals surface area (Å²) in [5, 5.41) is 0. The smallest absolute Gasteiger partial charge is 0.419 e. The summed E-state index contributed by atoms with van der Waals surface area (Å²) in [4.78, 5) is 11.6. The van der Waals surface area contributed by atoms with Crippen molar-refractivity contribution in [3.63, 3.8) is 0 Å². The first-order chi connectivity index (χ1) is 8.97. The van der Waals surface area contributed by atoms with Gasteiger partial charge in [0.2, 0.25) is 0 Å². The van der Waals surface area contributed by atoms with Gasteiger partial charge in [0.15, 0.2) is 0 Å². The Balaban J connectivity index is 2.26. The van der Waals surface area contributed by atoms with Gasteiger partial charge >= 0.3 is 12.4 Å². The standard InChI is InChI=1S/C13H13F2NO3/c1-8-9(2)18-13(17)16(8)7-10-4-3-5-11(6-10)19-12(14)15/h3-6,12H,7H2,1-2H3. The van der Waals surface area contributed by atoms with Crippen molar-refractivity contribution in [3.8, 4) is 5.75 Å². The number of hydrogen-bond donors (Lipinski definition) is 0. The van der Waals surface area contributed by atoms with E-state index < -0.39 is 12.4 Å². The number of benzene rings is 1. The number of halogens is 2. The first-order valence-electron chi connectivity index (χ1n) is 5.68. The molecule has 0 radical (unpaired) electrons. The van der Waals surface area contributed by atoms with E-state index in [9.17, 15) is 13.6 Å². The van der Waals surface area contributed by atoms with Gasteiger partial charge in [0, 0.05) is 0 Å². The van der Waals surface area contributed by atoms with Crippen LogP contribution in [0, 0.1) is 13.8 Å². The Bertz CT molecular complexity index is 631. The SMILES string of the molecule is Cc1oc(=O)n(Cc2cccc(OC(F)F)c2)c1C. The highest BCUT2D eigenvalue weighted by atomic mass is 19.3. The largest absolute Gasteiger partial charge is 0.435 e. The summed E-state index contributed by atoms with van der Waals surface area (Å²) in [6.07, 6.45) is 0. The third kappa shape index (κ3) is 3.01. The normalized spacial score (nSPS) is 11.0. The lowest BCUT2D eigenvalue weighted by Gasteiger charge is -2.07. The minimum atomic E-state index is -2.86. The molecule has 2 aromatic rings. The second-order valence-electron chi connectivity index (χ2n) is 4.12. The summed E-state index contributed by atoms with van der Waals surface area (Å²) < 4.78 is 35.0. The van der Waals surface area contributed by atoms with Crippen molar-refractivity contribution in [1.82, 2.24) is 4.57 Å². The van der Waals surface area contributed by atoms with Crippen LogP contribution in [0.15, 0.2) is 33.5 Å².